The second-order valence-corrected chi connectivity index (χ2v) is 6.60. The molecule has 0 bridgehead atoms. The SMILES string of the molecule is COC(=O)[C@@H]1CO[P@](C)(=O)N1Cc1ccccc1. The number of carbonyl (C=O) groups is 1. The number of rotatable bonds is 3. The smallest absolute Gasteiger partial charge is 0.325 e. The van der Waals surface area contributed by atoms with E-state index in [9.17, 15) is 9.36 Å². The van der Waals surface area contributed by atoms with Crippen LogP contribution >= 0.6 is 7.52 Å². The molecule has 0 saturated carbocycles. The first-order chi connectivity index (χ1) is 8.54. The Hall–Kier alpha value is -1.16. The van der Waals surface area contributed by atoms with E-state index in [1.54, 1.807) is 4.67 Å². The van der Waals surface area contributed by atoms with Gasteiger partial charge in [0.2, 0.25) is 0 Å². The van der Waals surface area contributed by atoms with Gasteiger partial charge in [-0.15, -0.1) is 0 Å². The Balaban J connectivity index is 2.21. The second-order valence-electron chi connectivity index (χ2n) is 4.22. The summed E-state index contributed by atoms with van der Waals surface area (Å²) in [5.41, 5.74) is 0.985. The average Bonchev–Trinajstić information content (AvgIpc) is 2.66. The van der Waals surface area contributed by atoms with E-state index in [0.29, 0.717) is 6.54 Å². The molecular formula is C12H16NO4P. The minimum Gasteiger partial charge on any atom is -0.468 e. The van der Waals surface area contributed by atoms with Crippen molar-refractivity contribution in [1.29, 1.82) is 0 Å². The molecule has 5 nitrogen and oxygen atoms in total. The third kappa shape index (κ3) is 2.64. The van der Waals surface area contributed by atoms with Crippen molar-refractivity contribution < 1.29 is 18.6 Å². The molecule has 1 aromatic carbocycles. The van der Waals surface area contributed by atoms with Gasteiger partial charge in [-0.25, -0.2) is 4.67 Å². The van der Waals surface area contributed by atoms with Gasteiger partial charge in [-0.3, -0.25) is 9.36 Å². The Morgan fingerprint density at radius 1 is 1.50 bits per heavy atom. The predicted octanol–water partition coefficient (Wildman–Crippen LogP) is 1.88. The van der Waals surface area contributed by atoms with Crippen LogP contribution in [0, 0.1) is 0 Å². The van der Waals surface area contributed by atoms with Gasteiger partial charge in [0, 0.05) is 13.2 Å². The molecule has 98 valence electrons. The van der Waals surface area contributed by atoms with E-state index in [1.165, 1.54) is 13.8 Å². The lowest BCUT2D eigenvalue weighted by Gasteiger charge is -2.23. The third-order valence-electron chi connectivity index (χ3n) is 2.96. The molecular weight excluding hydrogens is 253 g/mol. The standard InChI is InChI=1S/C12H16NO4P/c1-16-12(14)11-9-17-18(2,15)13(11)8-10-6-4-3-5-7-10/h3-7,11H,8-9H2,1-2H3/t11-,18-/m0/s1. The topological polar surface area (TPSA) is 55.8 Å². The lowest BCUT2D eigenvalue weighted by Crippen LogP contribution is -2.36. The molecule has 0 aliphatic carbocycles. The molecule has 1 fully saturated rings. The summed E-state index contributed by atoms with van der Waals surface area (Å²) < 4.78 is 23.8. The van der Waals surface area contributed by atoms with Crippen LogP contribution in [-0.2, 0) is 25.2 Å². The average molecular weight is 269 g/mol. The van der Waals surface area contributed by atoms with Crippen molar-refractivity contribution in [3.63, 3.8) is 0 Å². The van der Waals surface area contributed by atoms with Gasteiger partial charge >= 0.3 is 5.97 Å². The van der Waals surface area contributed by atoms with E-state index >= 15 is 0 Å². The molecule has 18 heavy (non-hydrogen) atoms. The summed E-state index contributed by atoms with van der Waals surface area (Å²) in [5, 5.41) is 0. The molecule has 2 rings (SSSR count). The van der Waals surface area contributed by atoms with Gasteiger partial charge in [-0.2, -0.15) is 0 Å². The Morgan fingerprint density at radius 2 is 2.17 bits per heavy atom. The number of esters is 1. The van der Waals surface area contributed by atoms with Crippen LogP contribution in [0.5, 0.6) is 0 Å². The Labute approximate surface area is 106 Å². The Kier molecular flexibility index (Phi) is 3.85. The molecule has 0 N–H and O–H groups in total. The Morgan fingerprint density at radius 3 is 2.78 bits per heavy atom. The van der Waals surface area contributed by atoms with Gasteiger partial charge < -0.3 is 9.26 Å². The quantitative estimate of drug-likeness (QED) is 0.619. The first kappa shape index (κ1) is 13.3. The van der Waals surface area contributed by atoms with Crippen molar-refractivity contribution in [2.45, 2.75) is 12.6 Å². The maximum Gasteiger partial charge on any atom is 0.325 e. The predicted molar refractivity (Wildman–Crippen MR) is 67.3 cm³/mol. The van der Waals surface area contributed by atoms with Gasteiger partial charge in [0.25, 0.3) is 7.52 Å². The monoisotopic (exact) mass is 269 g/mol. The summed E-state index contributed by atoms with van der Waals surface area (Å²) >= 11 is 0. The van der Waals surface area contributed by atoms with Crippen molar-refractivity contribution in [3.05, 3.63) is 35.9 Å². The molecule has 1 aliphatic heterocycles. The van der Waals surface area contributed by atoms with Gasteiger partial charge in [0.05, 0.1) is 13.7 Å². The summed E-state index contributed by atoms with van der Waals surface area (Å²) in [7, 11) is -1.59. The number of carbonyl (C=O) groups excluding carboxylic acids is 1. The summed E-state index contributed by atoms with van der Waals surface area (Å²) in [6, 6.07) is 8.97. The summed E-state index contributed by atoms with van der Waals surface area (Å²) in [4.78, 5) is 11.6. The normalized spacial score (nSPS) is 28.2. The van der Waals surface area contributed by atoms with E-state index < -0.39 is 19.5 Å². The minimum atomic E-state index is -2.91. The highest BCUT2D eigenvalue weighted by Gasteiger charge is 2.44. The highest BCUT2D eigenvalue weighted by atomic mass is 31.2. The van der Waals surface area contributed by atoms with Crippen molar-refractivity contribution in [2.75, 3.05) is 20.4 Å². The molecule has 0 unspecified atom stereocenters. The van der Waals surface area contributed by atoms with E-state index in [-0.39, 0.29) is 6.61 Å². The number of hydrogen-bond donors (Lipinski definition) is 0. The van der Waals surface area contributed by atoms with Gasteiger partial charge in [0.15, 0.2) is 0 Å². The summed E-state index contributed by atoms with van der Waals surface area (Å²) in [6.45, 7) is 2.06. The molecule has 6 heteroatoms. The number of methoxy groups -OCH3 is 1. The molecule has 1 aliphatic rings. The van der Waals surface area contributed by atoms with E-state index in [0.717, 1.165) is 5.56 Å². The molecule has 0 amide bonds. The number of benzene rings is 1. The van der Waals surface area contributed by atoms with Crippen LogP contribution in [0.3, 0.4) is 0 Å². The zero-order valence-corrected chi connectivity index (χ0v) is 11.3. The number of ether oxygens (including phenoxy) is 1. The van der Waals surface area contributed by atoms with Crippen molar-refractivity contribution in [3.8, 4) is 0 Å². The van der Waals surface area contributed by atoms with Crippen LogP contribution < -0.4 is 0 Å². The highest BCUT2D eigenvalue weighted by Crippen LogP contribution is 2.54. The van der Waals surface area contributed by atoms with E-state index in [1.807, 2.05) is 30.3 Å². The molecule has 0 radical (unpaired) electrons. The highest BCUT2D eigenvalue weighted by molar-refractivity contribution is 7.55. The Bertz CT molecular complexity index is 476. The fraction of sp³-hybridized carbons (Fsp3) is 0.417. The van der Waals surface area contributed by atoms with Crippen molar-refractivity contribution >= 4 is 13.5 Å². The zero-order valence-electron chi connectivity index (χ0n) is 10.4. The second kappa shape index (κ2) is 5.22. The van der Waals surface area contributed by atoms with Crippen molar-refractivity contribution in [2.24, 2.45) is 0 Å². The summed E-state index contributed by atoms with van der Waals surface area (Å²) in [6.07, 6.45) is 0. The van der Waals surface area contributed by atoms with Crippen LogP contribution in [0.2, 0.25) is 0 Å². The minimum absolute atomic E-state index is 0.118. The van der Waals surface area contributed by atoms with Crippen molar-refractivity contribution in [1.82, 2.24) is 4.67 Å². The third-order valence-corrected chi connectivity index (χ3v) is 4.94. The lowest BCUT2D eigenvalue weighted by molar-refractivity contribution is -0.145. The van der Waals surface area contributed by atoms with E-state index in [4.69, 9.17) is 9.26 Å². The van der Waals surface area contributed by atoms with Crippen LogP contribution in [0.4, 0.5) is 0 Å². The molecule has 1 heterocycles. The van der Waals surface area contributed by atoms with Crippen LogP contribution in [0.15, 0.2) is 30.3 Å². The zero-order chi connectivity index (χ0) is 13.2. The molecule has 2 atom stereocenters. The maximum atomic E-state index is 12.3. The molecule has 1 saturated heterocycles. The largest absolute Gasteiger partial charge is 0.468 e. The van der Waals surface area contributed by atoms with Crippen LogP contribution in [0.1, 0.15) is 5.56 Å². The summed E-state index contributed by atoms with van der Waals surface area (Å²) in [5.74, 6) is -0.412. The fourth-order valence-corrected chi connectivity index (χ4v) is 3.61. The first-order valence-corrected chi connectivity index (χ1v) is 7.68. The van der Waals surface area contributed by atoms with E-state index in [2.05, 4.69) is 0 Å². The first-order valence-electron chi connectivity index (χ1n) is 5.65. The van der Waals surface area contributed by atoms with Gasteiger partial charge in [-0.05, 0) is 5.56 Å². The number of hydrogen-bond acceptors (Lipinski definition) is 4. The van der Waals surface area contributed by atoms with Crippen LogP contribution in [0.25, 0.3) is 0 Å². The maximum absolute atomic E-state index is 12.3. The van der Waals surface area contributed by atoms with Gasteiger partial charge in [0.1, 0.15) is 6.04 Å². The van der Waals surface area contributed by atoms with Gasteiger partial charge in [-0.1, -0.05) is 30.3 Å². The lowest BCUT2D eigenvalue weighted by atomic mass is 10.2. The van der Waals surface area contributed by atoms with Crippen LogP contribution in [-0.4, -0.2) is 37.1 Å². The number of nitrogens with zero attached hydrogens (tertiary/aromatic N) is 1. The fourth-order valence-electron chi connectivity index (χ4n) is 1.96. The molecule has 0 spiro atoms. The molecule has 0 aromatic heterocycles. The molecule has 1 aromatic rings.